The predicted octanol–water partition coefficient (Wildman–Crippen LogP) is 3.92. The molecule has 2 aliphatic rings. The molecule has 0 aromatic heterocycles. The molecule has 0 saturated heterocycles. The second kappa shape index (κ2) is 8.71. The Bertz CT molecular complexity index is 949. The van der Waals surface area contributed by atoms with E-state index < -0.39 is 0 Å². The van der Waals surface area contributed by atoms with Gasteiger partial charge >= 0.3 is 0 Å². The van der Waals surface area contributed by atoms with E-state index in [9.17, 15) is 9.59 Å². The molecule has 0 radical (unpaired) electrons. The first-order valence-electron chi connectivity index (χ1n) is 11.0. The molecule has 6 heteroatoms. The molecule has 0 unspecified atom stereocenters. The van der Waals surface area contributed by atoms with Crippen molar-refractivity contribution in [1.29, 1.82) is 0 Å². The minimum absolute atomic E-state index is 0.0135. The predicted molar refractivity (Wildman–Crippen MR) is 121 cm³/mol. The van der Waals surface area contributed by atoms with Crippen molar-refractivity contribution >= 4 is 17.5 Å². The lowest BCUT2D eigenvalue weighted by atomic mass is 9.81. The Hall–Kier alpha value is -2.86. The van der Waals surface area contributed by atoms with Crippen LogP contribution in [-0.4, -0.2) is 53.9 Å². The Balaban J connectivity index is 1.41. The fraction of sp³-hybridized carbons (Fsp3) is 0.440. The summed E-state index contributed by atoms with van der Waals surface area (Å²) in [5.74, 6) is 0.884. The van der Waals surface area contributed by atoms with Gasteiger partial charge in [0.2, 0.25) is 5.91 Å². The van der Waals surface area contributed by atoms with E-state index in [0.29, 0.717) is 11.3 Å². The lowest BCUT2D eigenvalue weighted by molar-refractivity contribution is -0.114. The maximum absolute atomic E-state index is 13.0. The largest absolute Gasteiger partial charge is 0.486 e. The van der Waals surface area contributed by atoms with Gasteiger partial charge in [-0.3, -0.25) is 14.5 Å². The number of likely N-dealkylation sites (N-methyl/N-ethyl adjacent to an activating group) is 1. The van der Waals surface area contributed by atoms with E-state index in [1.807, 2.05) is 18.0 Å². The summed E-state index contributed by atoms with van der Waals surface area (Å²) >= 11 is 0. The van der Waals surface area contributed by atoms with Gasteiger partial charge in [0, 0.05) is 49.9 Å². The molecule has 4 rings (SSSR count). The number of hydrogen-bond acceptors (Lipinski definition) is 4. The second-order valence-corrected chi connectivity index (χ2v) is 8.97. The first-order chi connectivity index (χ1) is 14.8. The third-order valence-electron chi connectivity index (χ3n) is 6.48. The maximum Gasteiger partial charge on any atom is 0.253 e. The van der Waals surface area contributed by atoms with Crippen molar-refractivity contribution in [3.63, 3.8) is 0 Å². The summed E-state index contributed by atoms with van der Waals surface area (Å²) in [5, 5.41) is 2.73. The number of amides is 2. The standard InChI is InChI=1S/C25H31N3O3/c1-18(29)26-21-10-8-19(9-11-21)24(30)28(3)22-12-14-25(15-13-22)17-27(2)16-20-6-4-5-7-23(20)31-25/h4-11,22H,12-17H2,1-3H3,(H,26,29). The summed E-state index contributed by atoms with van der Waals surface area (Å²) in [5.41, 5.74) is 2.37. The zero-order valence-corrected chi connectivity index (χ0v) is 18.6. The summed E-state index contributed by atoms with van der Waals surface area (Å²) in [4.78, 5) is 28.4. The van der Waals surface area contributed by atoms with Crippen LogP contribution in [-0.2, 0) is 11.3 Å². The van der Waals surface area contributed by atoms with Gasteiger partial charge in [-0.2, -0.15) is 0 Å². The Labute approximate surface area is 184 Å². The Kier molecular flexibility index (Phi) is 6.01. The molecule has 31 heavy (non-hydrogen) atoms. The molecule has 2 amide bonds. The molecule has 1 aliphatic carbocycles. The van der Waals surface area contributed by atoms with Crippen molar-refractivity contribution in [2.75, 3.05) is 26.0 Å². The Morgan fingerprint density at radius 3 is 2.45 bits per heavy atom. The summed E-state index contributed by atoms with van der Waals surface area (Å²) in [6.07, 6.45) is 3.69. The van der Waals surface area contributed by atoms with Crippen LogP contribution in [0.15, 0.2) is 48.5 Å². The van der Waals surface area contributed by atoms with Crippen molar-refractivity contribution in [3.8, 4) is 5.75 Å². The monoisotopic (exact) mass is 421 g/mol. The van der Waals surface area contributed by atoms with E-state index in [-0.39, 0.29) is 23.5 Å². The first-order valence-corrected chi connectivity index (χ1v) is 11.0. The molecule has 0 atom stereocenters. The number of anilines is 1. The fourth-order valence-corrected chi connectivity index (χ4v) is 4.88. The summed E-state index contributed by atoms with van der Waals surface area (Å²) < 4.78 is 6.59. The molecular weight excluding hydrogens is 390 g/mol. The van der Waals surface area contributed by atoms with E-state index in [4.69, 9.17) is 4.74 Å². The molecular formula is C25H31N3O3. The minimum Gasteiger partial charge on any atom is -0.486 e. The number of para-hydroxylation sites is 1. The molecule has 6 nitrogen and oxygen atoms in total. The number of nitrogens with zero attached hydrogens (tertiary/aromatic N) is 2. The zero-order valence-electron chi connectivity index (χ0n) is 18.6. The maximum atomic E-state index is 13.0. The van der Waals surface area contributed by atoms with Crippen LogP contribution in [0.2, 0.25) is 0 Å². The van der Waals surface area contributed by atoms with Crippen LogP contribution in [0.3, 0.4) is 0 Å². The molecule has 1 saturated carbocycles. The van der Waals surface area contributed by atoms with Gasteiger partial charge in [0.1, 0.15) is 11.4 Å². The van der Waals surface area contributed by atoms with Gasteiger partial charge in [-0.1, -0.05) is 18.2 Å². The smallest absolute Gasteiger partial charge is 0.253 e. The van der Waals surface area contributed by atoms with Crippen LogP contribution >= 0.6 is 0 Å². The van der Waals surface area contributed by atoms with Crippen molar-refractivity contribution in [3.05, 3.63) is 59.7 Å². The minimum atomic E-state index is -0.193. The third kappa shape index (κ3) is 4.74. The molecule has 1 heterocycles. The second-order valence-electron chi connectivity index (χ2n) is 8.97. The number of carbonyl (C=O) groups is 2. The number of nitrogens with one attached hydrogen (secondary N) is 1. The SMILES string of the molecule is CC(=O)Nc1ccc(C(=O)N(C)C2CCC3(CC2)CN(C)Cc2ccccc2O3)cc1. The molecule has 1 aliphatic heterocycles. The number of hydrogen-bond donors (Lipinski definition) is 1. The molecule has 1 spiro atoms. The lowest BCUT2D eigenvalue weighted by Crippen LogP contribution is -2.51. The van der Waals surface area contributed by atoms with Crippen molar-refractivity contribution < 1.29 is 14.3 Å². The summed E-state index contributed by atoms with van der Waals surface area (Å²) in [7, 11) is 4.04. The highest BCUT2D eigenvalue weighted by Gasteiger charge is 2.41. The number of benzene rings is 2. The molecule has 164 valence electrons. The summed E-state index contributed by atoms with van der Waals surface area (Å²) in [6.45, 7) is 3.27. The lowest BCUT2D eigenvalue weighted by Gasteiger charge is -2.43. The first kappa shape index (κ1) is 21.4. The molecule has 2 aromatic carbocycles. The summed E-state index contributed by atoms with van der Waals surface area (Å²) in [6, 6.07) is 15.6. The zero-order chi connectivity index (χ0) is 22.0. The fourth-order valence-electron chi connectivity index (χ4n) is 4.88. The normalized spacial score (nSPS) is 23.4. The quantitative estimate of drug-likeness (QED) is 0.816. The van der Waals surface area contributed by atoms with Crippen molar-refractivity contribution in [1.82, 2.24) is 9.80 Å². The highest BCUT2D eigenvalue weighted by molar-refractivity contribution is 5.95. The van der Waals surface area contributed by atoms with Crippen LogP contribution in [0.5, 0.6) is 5.75 Å². The van der Waals surface area contributed by atoms with Gasteiger partial charge in [0.25, 0.3) is 5.91 Å². The molecule has 0 bridgehead atoms. The average molecular weight is 422 g/mol. The van der Waals surface area contributed by atoms with E-state index in [1.54, 1.807) is 24.3 Å². The average Bonchev–Trinajstić information content (AvgIpc) is 2.88. The van der Waals surface area contributed by atoms with Crippen LogP contribution in [0.25, 0.3) is 0 Å². The van der Waals surface area contributed by atoms with E-state index in [1.165, 1.54) is 12.5 Å². The highest BCUT2D eigenvalue weighted by atomic mass is 16.5. The molecule has 2 aromatic rings. The van der Waals surface area contributed by atoms with Crippen LogP contribution in [0.1, 0.15) is 48.5 Å². The topological polar surface area (TPSA) is 61.9 Å². The number of fused-ring (bicyclic) bond motifs is 1. The Morgan fingerprint density at radius 1 is 1.10 bits per heavy atom. The van der Waals surface area contributed by atoms with Gasteiger partial charge in [-0.15, -0.1) is 0 Å². The van der Waals surface area contributed by atoms with Gasteiger partial charge in [-0.05, 0) is 63.1 Å². The van der Waals surface area contributed by atoms with Gasteiger partial charge < -0.3 is 15.0 Å². The van der Waals surface area contributed by atoms with Gasteiger partial charge in [-0.25, -0.2) is 0 Å². The van der Waals surface area contributed by atoms with Gasteiger partial charge in [0.15, 0.2) is 0 Å². The van der Waals surface area contributed by atoms with E-state index in [0.717, 1.165) is 44.5 Å². The van der Waals surface area contributed by atoms with Crippen LogP contribution < -0.4 is 10.1 Å². The van der Waals surface area contributed by atoms with Crippen LogP contribution in [0.4, 0.5) is 5.69 Å². The number of rotatable bonds is 3. The van der Waals surface area contributed by atoms with E-state index in [2.05, 4.69) is 35.5 Å². The van der Waals surface area contributed by atoms with Gasteiger partial charge in [0.05, 0.1) is 0 Å². The number of carbonyl (C=O) groups excluding carboxylic acids is 2. The molecule has 1 fully saturated rings. The molecule has 1 N–H and O–H groups in total. The Morgan fingerprint density at radius 2 is 1.77 bits per heavy atom. The van der Waals surface area contributed by atoms with E-state index >= 15 is 0 Å². The third-order valence-corrected chi connectivity index (χ3v) is 6.48. The van der Waals surface area contributed by atoms with Crippen molar-refractivity contribution in [2.24, 2.45) is 0 Å². The number of ether oxygens (including phenoxy) is 1. The van der Waals surface area contributed by atoms with Crippen molar-refractivity contribution in [2.45, 2.75) is 50.8 Å². The highest BCUT2D eigenvalue weighted by Crippen LogP contribution is 2.39. The van der Waals surface area contributed by atoms with Crippen LogP contribution in [0, 0.1) is 0 Å².